The van der Waals surface area contributed by atoms with Crippen molar-refractivity contribution in [1.82, 2.24) is 14.7 Å². The van der Waals surface area contributed by atoms with Crippen molar-refractivity contribution in [3.05, 3.63) is 66.1 Å². The molecular formula is C20H24Cl2N4OS. The van der Waals surface area contributed by atoms with Crippen molar-refractivity contribution in [3.8, 4) is 0 Å². The predicted molar refractivity (Wildman–Crippen MR) is 119 cm³/mol. The summed E-state index contributed by atoms with van der Waals surface area (Å²) in [6, 6.07) is 13.8. The number of hydrogen-bond donors (Lipinski definition) is 2. The Bertz CT molecular complexity index is 879. The average molecular weight is 439 g/mol. The highest BCUT2D eigenvalue weighted by Crippen LogP contribution is 2.31. The molecule has 3 aromatic rings. The molecule has 4 rings (SSSR count). The number of aromatic nitrogens is 2. The molecule has 1 unspecified atom stereocenters. The van der Waals surface area contributed by atoms with E-state index in [9.17, 15) is 4.79 Å². The molecule has 0 aliphatic heterocycles. The lowest BCUT2D eigenvalue weighted by molar-refractivity contribution is 0.0950. The van der Waals surface area contributed by atoms with Crippen LogP contribution in [-0.4, -0.2) is 27.9 Å². The number of fused-ring (bicyclic) bond motifs is 1. The van der Waals surface area contributed by atoms with Crippen molar-refractivity contribution in [3.63, 3.8) is 0 Å². The van der Waals surface area contributed by atoms with Crippen LogP contribution < -0.4 is 11.1 Å². The SMILES string of the molecule is Cl.Cl.NC(CNC(=O)c1ccc(SCc2cn3ccccc3n2)cc1)C1CC1. The van der Waals surface area contributed by atoms with Gasteiger partial charge in [0.1, 0.15) is 5.65 Å². The number of nitrogens with two attached hydrogens (primary N) is 1. The molecule has 2 heterocycles. The third-order valence-corrected chi connectivity index (χ3v) is 5.69. The first-order valence-corrected chi connectivity index (χ1v) is 9.87. The number of nitrogens with one attached hydrogen (secondary N) is 1. The van der Waals surface area contributed by atoms with Crippen molar-refractivity contribution in [2.24, 2.45) is 11.7 Å². The molecule has 1 atom stereocenters. The van der Waals surface area contributed by atoms with Crippen molar-refractivity contribution >= 4 is 48.1 Å². The summed E-state index contributed by atoms with van der Waals surface area (Å²) in [5.74, 6) is 1.33. The van der Waals surface area contributed by atoms with E-state index >= 15 is 0 Å². The molecule has 1 fully saturated rings. The Kier molecular flexibility index (Phi) is 8.19. The van der Waals surface area contributed by atoms with E-state index in [1.807, 2.05) is 59.3 Å². The van der Waals surface area contributed by atoms with Gasteiger partial charge in [-0.05, 0) is 55.2 Å². The summed E-state index contributed by atoms with van der Waals surface area (Å²) >= 11 is 1.71. The maximum absolute atomic E-state index is 12.2. The zero-order chi connectivity index (χ0) is 17.9. The molecule has 150 valence electrons. The monoisotopic (exact) mass is 438 g/mol. The number of benzene rings is 1. The van der Waals surface area contributed by atoms with Crippen LogP contribution in [0.25, 0.3) is 5.65 Å². The van der Waals surface area contributed by atoms with Gasteiger partial charge in [-0.25, -0.2) is 4.98 Å². The highest BCUT2D eigenvalue weighted by molar-refractivity contribution is 7.98. The molecular weight excluding hydrogens is 415 g/mol. The number of halogens is 2. The fourth-order valence-corrected chi connectivity index (χ4v) is 3.70. The molecule has 2 aromatic heterocycles. The van der Waals surface area contributed by atoms with Gasteiger partial charge in [0.25, 0.3) is 5.91 Å². The summed E-state index contributed by atoms with van der Waals surface area (Å²) < 4.78 is 2.02. The lowest BCUT2D eigenvalue weighted by Crippen LogP contribution is -2.38. The predicted octanol–water partition coefficient (Wildman–Crippen LogP) is 3.94. The van der Waals surface area contributed by atoms with Crippen molar-refractivity contribution in [2.75, 3.05) is 6.54 Å². The average Bonchev–Trinajstić information content (AvgIpc) is 3.44. The summed E-state index contributed by atoms with van der Waals surface area (Å²) in [6.45, 7) is 0.549. The van der Waals surface area contributed by atoms with E-state index in [2.05, 4.69) is 10.3 Å². The second-order valence-electron chi connectivity index (χ2n) is 6.72. The number of pyridine rings is 1. The fourth-order valence-electron chi connectivity index (χ4n) is 2.92. The van der Waals surface area contributed by atoms with Gasteiger partial charge in [0, 0.05) is 41.2 Å². The van der Waals surface area contributed by atoms with Crippen molar-refractivity contribution in [2.45, 2.75) is 29.5 Å². The number of carbonyl (C=O) groups is 1. The Balaban J connectivity index is 0.00000140. The molecule has 0 spiro atoms. The molecule has 1 aromatic carbocycles. The molecule has 28 heavy (non-hydrogen) atoms. The summed E-state index contributed by atoms with van der Waals surface area (Å²) in [7, 11) is 0. The standard InChI is InChI=1S/C20H22N4OS.2ClH/c21-18(14-4-5-14)11-22-20(25)15-6-8-17(9-7-15)26-13-16-12-24-10-2-1-3-19(24)23-16;;/h1-3,6-10,12,14,18H,4-5,11,13,21H2,(H,22,25);2*1H. The van der Waals surface area contributed by atoms with Gasteiger partial charge in [-0.3, -0.25) is 4.79 Å². The summed E-state index contributed by atoms with van der Waals surface area (Å²) in [4.78, 5) is 17.9. The minimum Gasteiger partial charge on any atom is -0.350 e. The molecule has 3 N–H and O–H groups in total. The van der Waals surface area contributed by atoms with Crippen LogP contribution in [0.2, 0.25) is 0 Å². The Morgan fingerprint density at radius 1 is 1.21 bits per heavy atom. The second kappa shape index (κ2) is 10.2. The van der Waals surface area contributed by atoms with E-state index in [0.29, 0.717) is 18.0 Å². The third-order valence-electron chi connectivity index (χ3n) is 4.64. The highest BCUT2D eigenvalue weighted by Gasteiger charge is 2.28. The van der Waals surface area contributed by atoms with Crippen LogP contribution in [0.4, 0.5) is 0 Å². The quantitative estimate of drug-likeness (QED) is 0.547. The van der Waals surface area contributed by atoms with Crippen LogP contribution in [0, 0.1) is 5.92 Å². The molecule has 5 nitrogen and oxygen atoms in total. The maximum atomic E-state index is 12.2. The zero-order valence-corrected chi connectivity index (χ0v) is 17.7. The molecule has 8 heteroatoms. The number of imidazole rings is 1. The molecule has 0 saturated heterocycles. The van der Waals surface area contributed by atoms with E-state index in [0.717, 1.165) is 22.0 Å². The number of carbonyl (C=O) groups excluding carboxylic acids is 1. The first-order chi connectivity index (χ1) is 12.7. The minimum absolute atomic E-state index is 0. The third kappa shape index (κ3) is 5.64. The topological polar surface area (TPSA) is 72.4 Å². The molecule has 1 aliphatic carbocycles. The van der Waals surface area contributed by atoms with Crippen LogP contribution in [0.15, 0.2) is 59.8 Å². The lowest BCUT2D eigenvalue weighted by atomic mass is 10.2. The Labute approximate surface area is 181 Å². The minimum atomic E-state index is -0.0574. The number of rotatable bonds is 7. The van der Waals surface area contributed by atoms with E-state index in [-0.39, 0.29) is 36.8 Å². The second-order valence-corrected chi connectivity index (χ2v) is 7.77. The molecule has 1 saturated carbocycles. The summed E-state index contributed by atoms with van der Waals surface area (Å²) in [6.07, 6.45) is 6.43. The lowest BCUT2D eigenvalue weighted by Gasteiger charge is -2.11. The number of nitrogens with zero attached hydrogens (tertiary/aromatic N) is 2. The van der Waals surface area contributed by atoms with Crippen LogP contribution in [0.3, 0.4) is 0 Å². The zero-order valence-electron chi connectivity index (χ0n) is 15.3. The molecule has 1 aliphatic rings. The van der Waals surface area contributed by atoms with E-state index in [4.69, 9.17) is 5.73 Å². The molecule has 1 amide bonds. The van der Waals surface area contributed by atoms with Gasteiger partial charge in [-0.15, -0.1) is 36.6 Å². The maximum Gasteiger partial charge on any atom is 0.251 e. The van der Waals surface area contributed by atoms with E-state index in [1.54, 1.807) is 11.8 Å². The first kappa shape index (κ1) is 22.6. The van der Waals surface area contributed by atoms with Gasteiger partial charge in [-0.1, -0.05) is 6.07 Å². The molecule has 0 radical (unpaired) electrons. The highest BCUT2D eigenvalue weighted by atomic mass is 35.5. The van der Waals surface area contributed by atoms with Gasteiger partial charge >= 0.3 is 0 Å². The largest absolute Gasteiger partial charge is 0.350 e. The Morgan fingerprint density at radius 3 is 2.64 bits per heavy atom. The summed E-state index contributed by atoms with van der Waals surface area (Å²) in [5.41, 5.74) is 8.69. The first-order valence-electron chi connectivity index (χ1n) is 8.88. The number of thioether (sulfide) groups is 1. The van der Waals surface area contributed by atoms with Gasteiger partial charge in [0.15, 0.2) is 0 Å². The van der Waals surface area contributed by atoms with E-state index in [1.165, 1.54) is 12.8 Å². The van der Waals surface area contributed by atoms with Crippen LogP contribution in [0.1, 0.15) is 28.9 Å². The van der Waals surface area contributed by atoms with E-state index < -0.39 is 0 Å². The molecule has 0 bridgehead atoms. The van der Waals surface area contributed by atoms with Crippen LogP contribution in [-0.2, 0) is 5.75 Å². The van der Waals surface area contributed by atoms with Gasteiger partial charge in [0.2, 0.25) is 0 Å². The summed E-state index contributed by atoms with van der Waals surface area (Å²) in [5, 5.41) is 2.93. The van der Waals surface area contributed by atoms with Crippen molar-refractivity contribution < 1.29 is 4.79 Å². The number of amides is 1. The smallest absolute Gasteiger partial charge is 0.251 e. The fraction of sp³-hybridized carbons (Fsp3) is 0.300. The Hall–Kier alpha value is -1.73. The van der Waals surface area contributed by atoms with Gasteiger partial charge < -0.3 is 15.5 Å². The van der Waals surface area contributed by atoms with Gasteiger partial charge in [-0.2, -0.15) is 0 Å². The Morgan fingerprint density at radius 2 is 1.96 bits per heavy atom. The van der Waals surface area contributed by atoms with Crippen LogP contribution in [0.5, 0.6) is 0 Å². The van der Waals surface area contributed by atoms with Gasteiger partial charge in [0.05, 0.1) is 5.69 Å². The van der Waals surface area contributed by atoms with Crippen LogP contribution >= 0.6 is 36.6 Å². The van der Waals surface area contributed by atoms with Crippen molar-refractivity contribution in [1.29, 1.82) is 0 Å². The number of hydrogen-bond acceptors (Lipinski definition) is 4. The normalized spacial score (nSPS) is 14.0.